The molecule has 0 aliphatic heterocycles. The lowest BCUT2D eigenvalue weighted by Crippen LogP contribution is -2.23. The highest BCUT2D eigenvalue weighted by Gasteiger charge is 2.13. The number of benzene rings is 2. The zero-order valence-corrected chi connectivity index (χ0v) is 17.2. The Balaban J connectivity index is 1.68. The Labute approximate surface area is 184 Å². The van der Waals surface area contributed by atoms with Gasteiger partial charge < -0.3 is 24.3 Å². The summed E-state index contributed by atoms with van der Waals surface area (Å²) < 4.78 is 16.1. The molecule has 0 radical (unpaired) electrons. The van der Waals surface area contributed by atoms with Gasteiger partial charge in [0.05, 0.1) is 7.11 Å². The third kappa shape index (κ3) is 5.77. The van der Waals surface area contributed by atoms with Crippen molar-refractivity contribution in [3.05, 3.63) is 88.9 Å². The summed E-state index contributed by atoms with van der Waals surface area (Å²) in [7, 11) is 1.46. The van der Waals surface area contributed by atoms with Crippen molar-refractivity contribution in [2.24, 2.45) is 0 Å². The highest BCUT2D eigenvalue weighted by atomic mass is 16.5. The van der Waals surface area contributed by atoms with Gasteiger partial charge in [-0.05, 0) is 41.5 Å². The molecule has 0 aliphatic rings. The van der Waals surface area contributed by atoms with Gasteiger partial charge in [-0.25, -0.2) is 4.79 Å². The van der Waals surface area contributed by atoms with E-state index >= 15 is 0 Å². The fourth-order valence-electron chi connectivity index (χ4n) is 2.80. The van der Waals surface area contributed by atoms with Gasteiger partial charge in [0, 0.05) is 6.54 Å². The Morgan fingerprint density at radius 1 is 1.12 bits per heavy atom. The van der Waals surface area contributed by atoms with Gasteiger partial charge in [0.25, 0.3) is 5.91 Å². The van der Waals surface area contributed by atoms with E-state index in [-0.39, 0.29) is 17.9 Å². The average molecular weight is 432 g/mol. The lowest BCUT2D eigenvalue weighted by Gasteiger charge is -2.10. The molecule has 162 valence electrons. The smallest absolute Gasteiger partial charge is 0.371 e. The van der Waals surface area contributed by atoms with Gasteiger partial charge in [-0.3, -0.25) is 4.79 Å². The van der Waals surface area contributed by atoms with E-state index in [1.807, 2.05) is 36.4 Å². The van der Waals surface area contributed by atoms with Crippen molar-refractivity contribution in [1.29, 1.82) is 5.26 Å². The summed E-state index contributed by atoms with van der Waals surface area (Å²) in [6.07, 6.45) is 1.46. The third-order valence-electron chi connectivity index (χ3n) is 4.40. The Hall–Kier alpha value is -4.51. The number of carboxylic acid groups (broad SMARTS) is 1. The molecule has 0 atom stereocenters. The number of carbonyl (C=O) groups excluding carboxylic acids is 1. The Bertz CT molecular complexity index is 1170. The van der Waals surface area contributed by atoms with Crippen LogP contribution >= 0.6 is 0 Å². The molecule has 8 nitrogen and oxygen atoms in total. The molecule has 2 N–H and O–H groups in total. The second-order valence-corrected chi connectivity index (χ2v) is 6.61. The molecule has 3 aromatic rings. The highest BCUT2D eigenvalue weighted by Crippen LogP contribution is 2.30. The van der Waals surface area contributed by atoms with Crippen LogP contribution < -0.4 is 14.8 Å². The van der Waals surface area contributed by atoms with Crippen LogP contribution in [-0.4, -0.2) is 24.1 Å². The Morgan fingerprint density at radius 2 is 1.91 bits per heavy atom. The number of nitriles is 1. The number of rotatable bonds is 9. The normalized spacial score (nSPS) is 10.8. The number of hydrogen-bond donors (Lipinski definition) is 2. The van der Waals surface area contributed by atoms with Crippen molar-refractivity contribution in [2.45, 2.75) is 13.2 Å². The standard InChI is InChI=1S/C24H20N2O6/c1-30-22-12-17(7-9-20(22)31-15-19-8-10-21(32-19)24(28)29)11-18(13-25)23(27)26-14-16-5-3-2-4-6-16/h2-12H,14-15H2,1H3,(H,26,27)(H,28,29). The minimum atomic E-state index is -1.16. The van der Waals surface area contributed by atoms with Crippen LogP contribution in [0.1, 0.15) is 27.4 Å². The van der Waals surface area contributed by atoms with Crippen molar-refractivity contribution in [2.75, 3.05) is 7.11 Å². The number of hydrogen-bond acceptors (Lipinski definition) is 6. The van der Waals surface area contributed by atoms with Crippen LogP contribution in [0.2, 0.25) is 0 Å². The summed E-state index contributed by atoms with van der Waals surface area (Å²) in [6.45, 7) is 0.315. The number of carbonyl (C=O) groups is 2. The maximum absolute atomic E-state index is 12.4. The third-order valence-corrected chi connectivity index (χ3v) is 4.40. The molecule has 8 heteroatoms. The predicted molar refractivity (Wildman–Crippen MR) is 115 cm³/mol. The summed E-state index contributed by atoms with van der Waals surface area (Å²) >= 11 is 0. The van der Waals surface area contributed by atoms with E-state index in [1.165, 1.54) is 25.3 Å². The molecule has 0 bridgehead atoms. The first kappa shape index (κ1) is 22.2. The van der Waals surface area contributed by atoms with Crippen molar-refractivity contribution in [1.82, 2.24) is 5.32 Å². The van der Waals surface area contributed by atoms with Crippen molar-refractivity contribution < 1.29 is 28.6 Å². The summed E-state index contributed by atoms with van der Waals surface area (Å²) in [5, 5.41) is 21.0. The van der Waals surface area contributed by atoms with Gasteiger partial charge in [0.15, 0.2) is 11.5 Å². The van der Waals surface area contributed by atoms with E-state index in [0.29, 0.717) is 29.4 Å². The second-order valence-electron chi connectivity index (χ2n) is 6.61. The first-order valence-electron chi connectivity index (χ1n) is 9.57. The summed E-state index contributed by atoms with van der Waals surface area (Å²) in [6, 6.07) is 19.1. The molecule has 0 aliphatic carbocycles. The first-order chi connectivity index (χ1) is 15.5. The maximum Gasteiger partial charge on any atom is 0.371 e. The monoisotopic (exact) mass is 432 g/mol. The van der Waals surface area contributed by atoms with Crippen molar-refractivity contribution in [3.8, 4) is 17.6 Å². The summed E-state index contributed by atoms with van der Waals surface area (Å²) in [5.41, 5.74) is 1.45. The molecule has 0 saturated carbocycles. The van der Waals surface area contributed by atoms with Crippen LogP contribution in [0.4, 0.5) is 0 Å². The molecular weight excluding hydrogens is 412 g/mol. The topological polar surface area (TPSA) is 122 Å². The van der Waals surface area contributed by atoms with E-state index in [1.54, 1.807) is 18.2 Å². The average Bonchev–Trinajstić information content (AvgIpc) is 3.30. The Morgan fingerprint density at radius 3 is 2.56 bits per heavy atom. The molecule has 1 amide bonds. The number of amides is 1. The quantitative estimate of drug-likeness (QED) is 0.390. The van der Waals surface area contributed by atoms with E-state index in [0.717, 1.165) is 5.56 Å². The molecule has 0 fully saturated rings. The first-order valence-corrected chi connectivity index (χ1v) is 9.57. The molecule has 0 unspecified atom stereocenters. The number of furan rings is 1. The van der Waals surface area contributed by atoms with Crippen LogP contribution in [0.15, 0.2) is 70.7 Å². The fourth-order valence-corrected chi connectivity index (χ4v) is 2.80. The molecule has 0 spiro atoms. The SMILES string of the molecule is COc1cc(C=C(C#N)C(=O)NCc2ccccc2)ccc1OCc1ccc(C(=O)O)o1. The van der Waals surface area contributed by atoms with E-state index < -0.39 is 11.9 Å². The van der Waals surface area contributed by atoms with Gasteiger partial charge in [0.2, 0.25) is 5.76 Å². The predicted octanol–water partition coefficient (Wildman–Crippen LogP) is 3.79. The van der Waals surface area contributed by atoms with Gasteiger partial charge in [-0.1, -0.05) is 36.4 Å². The van der Waals surface area contributed by atoms with Crippen LogP contribution in [0.5, 0.6) is 11.5 Å². The number of nitrogens with one attached hydrogen (secondary N) is 1. The number of carboxylic acids is 1. The summed E-state index contributed by atoms with van der Waals surface area (Å²) in [5.74, 6) is -0.703. The molecule has 32 heavy (non-hydrogen) atoms. The highest BCUT2D eigenvalue weighted by molar-refractivity contribution is 6.01. The van der Waals surface area contributed by atoms with Gasteiger partial charge >= 0.3 is 5.97 Å². The molecule has 0 saturated heterocycles. The second kappa shape index (κ2) is 10.5. The fraction of sp³-hybridized carbons (Fsp3) is 0.125. The molecule has 1 aromatic heterocycles. The van der Waals surface area contributed by atoms with Crippen molar-refractivity contribution in [3.63, 3.8) is 0 Å². The maximum atomic E-state index is 12.4. The van der Waals surface area contributed by atoms with E-state index in [4.69, 9.17) is 19.0 Å². The minimum Gasteiger partial charge on any atom is -0.493 e. The largest absolute Gasteiger partial charge is 0.493 e. The van der Waals surface area contributed by atoms with Gasteiger partial charge in [-0.2, -0.15) is 5.26 Å². The molecular formula is C24H20N2O6. The van der Waals surface area contributed by atoms with Crippen LogP contribution in [0.3, 0.4) is 0 Å². The summed E-state index contributed by atoms with van der Waals surface area (Å²) in [4.78, 5) is 23.3. The van der Waals surface area contributed by atoms with E-state index in [9.17, 15) is 14.9 Å². The Kier molecular flexibility index (Phi) is 7.28. The zero-order valence-electron chi connectivity index (χ0n) is 17.2. The van der Waals surface area contributed by atoms with Crippen molar-refractivity contribution >= 4 is 18.0 Å². The number of aromatic carboxylic acids is 1. The van der Waals surface area contributed by atoms with Crippen LogP contribution in [0.25, 0.3) is 6.08 Å². The van der Waals surface area contributed by atoms with Crippen LogP contribution in [0, 0.1) is 11.3 Å². The number of ether oxygens (including phenoxy) is 2. The van der Waals surface area contributed by atoms with Crippen LogP contribution in [-0.2, 0) is 17.9 Å². The number of methoxy groups -OCH3 is 1. The van der Waals surface area contributed by atoms with E-state index in [2.05, 4.69) is 5.32 Å². The lowest BCUT2D eigenvalue weighted by molar-refractivity contribution is -0.117. The molecule has 3 rings (SSSR count). The molecule has 1 heterocycles. The van der Waals surface area contributed by atoms with Gasteiger partial charge in [-0.15, -0.1) is 0 Å². The van der Waals surface area contributed by atoms with Gasteiger partial charge in [0.1, 0.15) is 24.0 Å². The minimum absolute atomic E-state index is 0.00413. The molecule has 2 aromatic carbocycles. The zero-order chi connectivity index (χ0) is 22.9. The lowest BCUT2D eigenvalue weighted by atomic mass is 10.1. The number of nitrogens with zero attached hydrogens (tertiary/aromatic N) is 1.